The molecular weight excluding hydrogens is 316 g/mol. The van der Waals surface area contributed by atoms with E-state index in [1.54, 1.807) is 0 Å². The summed E-state index contributed by atoms with van der Waals surface area (Å²) >= 11 is 0. The Morgan fingerprint density at radius 3 is 2.60 bits per heavy atom. The average molecular weight is 346 g/mol. The Morgan fingerprint density at radius 2 is 1.88 bits per heavy atom. The zero-order valence-electron chi connectivity index (χ0n) is 15.5. The Bertz CT molecular complexity index is 663. The Morgan fingerprint density at radius 1 is 1.12 bits per heavy atom. The third-order valence-corrected chi connectivity index (χ3v) is 7.81. The average Bonchev–Trinajstić information content (AvgIpc) is 2.84. The van der Waals surface area contributed by atoms with Crippen molar-refractivity contribution >= 4 is 5.97 Å². The molecule has 4 rings (SSSR count). The molecule has 0 aromatic heterocycles. The molecule has 0 aromatic carbocycles. The third kappa shape index (κ3) is 2.44. The molecule has 138 valence electrons. The maximum atomic E-state index is 11.7. The highest BCUT2D eigenvalue weighted by Gasteiger charge is 2.57. The highest BCUT2D eigenvalue weighted by Crippen LogP contribution is 2.64. The van der Waals surface area contributed by atoms with Crippen LogP contribution in [0.4, 0.5) is 0 Å². The van der Waals surface area contributed by atoms with E-state index < -0.39 is 0 Å². The van der Waals surface area contributed by atoms with Crippen molar-refractivity contribution in [2.24, 2.45) is 22.7 Å². The third-order valence-electron chi connectivity index (χ3n) is 7.81. The minimum atomic E-state index is -0.290. The number of carbonyl (C=O) groups is 1. The molecule has 4 nitrogen and oxygen atoms in total. The second-order valence-corrected chi connectivity index (χ2v) is 9.14. The quantitative estimate of drug-likeness (QED) is 0.713. The fraction of sp³-hybridized carbons (Fsp3) is 0.762. The van der Waals surface area contributed by atoms with Gasteiger partial charge < -0.3 is 14.9 Å². The first kappa shape index (κ1) is 17.3. The smallest absolute Gasteiger partial charge is 0.308 e. The molecule has 0 heterocycles. The molecule has 6 atom stereocenters. The van der Waals surface area contributed by atoms with Gasteiger partial charge in [-0.2, -0.15) is 0 Å². The van der Waals surface area contributed by atoms with Gasteiger partial charge in [0.15, 0.2) is 0 Å². The number of carbonyl (C=O) groups excluding carboxylic acids is 1. The van der Waals surface area contributed by atoms with E-state index in [1.165, 1.54) is 18.1 Å². The molecule has 0 saturated heterocycles. The van der Waals surface area contributed by atoms with Crippen LogP contribution in [0, 0.1) is 22.7 Å². The van der Waals surface area contributed by atoms with Crippen molar-refractivity contribution in [2.75, 3.05) is 0 Å². The van der Waals surface area contributed by atoms with E-state index in [1.807, 2.05) is 6.08 Å². The Kier molecular flexibility index (Phi) is 3.93. The summed E-state index contributed by atoms with van der Waals surface area (Å²) in [5.74, 6) is 1.07. The first-order chi connectivity index (χ1) is 11.8. The van der Waals surface area contributed by atoms with Gasteiger partial charge in [0.2, 0.25) is 0 Å². The van der Waals surface area contributed by atoms with Gasteiger partial charge in [0.1, 0.15) is 5.76 Å². The van der Waals surface area contributed by atoms with Crippen LogP contribution in [0.5, 0.6) is 0 Å². The van der Waals surface area contributed by atoms with Crippen molar-refractivity contribution in [3.05, 3.63) is 23.0 Å². The molecule has 3 saturated carbocycles. The van der Waals surface area contributed by atoms with E-state index in [2.05, 4.69) is 13.8 Å². The van der Waals surface area contributed by atoms with Crippen molar-refractivity contribution < 1.29 is 19.7 Å². The highest BCUT2D eigenvalue weighted by molar-refractivity contribution is 5.68. The largest absolute Gasteiger partial charge is 0.427 e. The Hall–Kier alpha value is -1.13. The molecule has 2 N–H and O–H groups in total. The van der Waals surface area contributed by atoms with Crippen LogP contribution in [0.1, 0.15) is 65.7 Å². The summed E-state index contributed by atoms with van der Waals surface area (Å²) in [6.07, 6.45) is 7.82. The number of allylic oxidation sites excluding steroid dienone is 2. The van der Waals surface area contributed by atoms with Crippen molar-refractivity contribution in [2.45, 2.75) is 77.9 Å². The normalized spacial score (nSPS) is 46.0. The number of esters is 1. The molecule has 0 spiro atoms. The standard InChI is InChI=1S/C21H30O4/c1-12(22)25-17-11-13-10-14(23)6-8-20(13,2)16-7-9-21(3)15(19(16)17)4-5-18(21)24/h11,14-16,18,23-24H,4-10H2,1-3H3/t14-,15-,16-,18-,20-,21-/m0/s1. The first-order valence-corrected chi connectivity index (χ1v) is 9.75. The lowest BCUT2D eigenvalue weighted by Gasteiger charge is -2.54. The number of fused-ring (bicyclic) bond motifs is 5. The van der Waals surface area contributed by atoms with Gasteiger partial charge in [0, 0.05) is 12.3 Å². The van der Waals surface area contributed by atoms with Gasteiger partial charge in [-0.3, -0.25) is 4.79 Å². The summed E-state index contributed by atoms with van der Waals surface area (Å²) in [5.41, 5.74) is 2.45. The van der Waals surface area contributed by atoms with Gasteiger partial charge in [-0.1, -0.05) is 19.4 Å². The summed E-state index contributed by atoms with van der Waals surface area (Å²) in [6.45, 7) is 5.99. The van der Waals surface area contributed by atoms with E-state index >= 15 is 0 Å². The molecule has 0 amide bonds. The SMILES string of the molecule is CC(=O)OC1=C2[C@@H]3CC[C@H](O)[C@@]3(C)CC[C@@H]2[C@@]2(C)CC[C@H](O)CC2=C1. The first-order valence-electron chi connectivity index (χ1n) is 9.75. The van der Waals surface area contributed by atoms with E-state index in [0.29, 0.717) is 18.1 Å². The fourth-order valence-corrected chi connectivity index (χ4v) is 6.25. The monoisotopic (exact) mass is 346 g/mol. The van der Waals surface area contributed by atoms with Crippen LogP contribution in [-0.2, 0) is 9.53 Å². The summed E-state index contributed by atoms with van der Waals surface area (Å²) in [5, 5.41) is 20.7. The van der Waals surface area contributed by atoms with E-state index in [0.717, 1.165) is 38.5 Å². The summed E-state index contributed by atoms with van der Waals surface area (Å²) < 4.78 is 5.68. The molecule has 25 heavy (non-hydrogen) atoms. The van der Waals surface area contributed by atoms with Crippen LogP contribution >= 0.6 is 0 Å². The van der Waals surface area contributed by atoms with E-state index in [9.17, 15) is 15.0 Å². The number of rotatable bonds is 1. The zero-order chi connectivity index (χ0) is 18.0. The second-order valence-electron chi connectivity index (χ2n) is 9.14. The minimum Gasteiger partial charge on any atom is -0.427 e. The summed E-state index contributed by atoms with van der Waals surface area (Å²) in [6, 6.07) is 0. The lowest BCUT2D eigenvalue weighted by molar-refractivity contribution is -0.136. The van der Waals surface area contributed by atoms with Crippen molar-refractivity contribution in [1.82, 2.24) is 0 Å². The van der Waals surface area contributed by atoms with Gasteiger partial charge >= 0.3 is 5.97 Å². The van der Waals surface area contributed by atoms with E-state index in [4.69, 9.17) is 4.74 Å². The van der Waals surface area contributed by atoms with Crippen molar-refractivity contribution in [3.63, 3.8) is 0 Å². The summed E-state index contributed by atoms with van der Waals surface area (Å²) in [4.78, 5) is 11.7. The van der Waals surface area contributed by atoms with Crippen molar-refractivity contribution in [3.8, 4) is 0 Å². The molecule has 4 aliphatic rings. The topological polar surface area (TPSA) is 66.8 Å². The molecule has 0 unspecified atom stereocenters. The molecule has 0 radical (unpaired) electrons. The van der Waals surface area contributed by atoms with Crippen LogP contribution in [-0.4, -0.2) is 28.4 Å². The lowest BCUT2D eigenvalue weighted by Crippen LogP contribution is -2.47. The molecule has 4 heteroatoms. The molecular formula is C21H30O4. The zero-order valence-corrected chi connectivity index (χ0v) is 15.5. The van der Waals surface area contributed by atoms with Gasteiger partial charge in [0.05, 0.1) is 12.2 Å². The Labute approximate surface area is 149 Å². The van der Waals surface area contributed by atoms with Crippen molar-refractivity contribution in [1.29, 1.82) is 0 Å². The van der Waals surface area contributed by atoms with Crippen LogP contribution < -0.4 is 0 Å². The predicted octanol–water partition coefficient (Wildman–Crippen LogP) is 3.48. The fourth-order valence-electron chi connectivity index (χ4n) is 6.25. The lowest BCUT2D eigenvalue weighted by atomic mass is 9.51. The minimum absolute atomic E-state index is 0.0487. The Balaban J connectivity index is 1.84. The van der Waals surface area contributed by atoms with Crippen LogP contribution in [0.15, 0.2) is 23.0 Å². The highest BCUT2D eigenvalue weighted by atomic mass is 16.5. The maximum absolute atomic E-state index is 11.7. The van der Waals surface area contributed by atoms with E-state index in [-0.39, 0.29) is 34.9 Å². The van der Waals surface area contributed by atoms with Gasteiger partial charge in [-0.05, 0) is 73.8 Å². The van der Waals surface area contributed by atoms with Gasteiger partial charge in [-0.25, -0.2) is 0 Å². The molecule has 3 fully saturated rings. The molecule has 0 aliphatic heterocycles. The molecule has 0 aromatic rings. The van der Waals surface area contributed by atoms with Crippen LogP contribution in [0.2, 0.25) is 0 Å². The predicted molar refractivity (Wildman–Crippen MR) is 94.4 cm³/mol. The maximum Gasteiger partial charge on any atom is 0.308 e. The molecule has 4 aliphatic carbocycles. The number of hydrogen-bond acceptors (Lipinski definition) is 4. The van der Waals surface area contributed by atoms with Gasteiger partial charge in [-0.15, -0.1) is 0 Å². The van der Waals surface area contributed by atoms with Crippen LogP contribution in [0.3, 0.4) is 0 Å². The summed E-state index contributed by atoms with van der Waals surface area (Å²) in [7, 11) is 0. The number of ether oxygens (including phenoxy) is 1. The van der Waals surface area contributed by atoms with Gasteiger partial charge in [0.25, 0.3) is 0 Å². The molecule has 0 bridgehead atoms. The second kappa shape index (κ2) is 5.68. The number of aliphatic hydroxyl groups excluding tert-OH is 2. The van der Waals surface area contributed by atoms with Crippen LogP contribution in [0.25, 0.3) is 0 Å². The number of aliphatic hydroxyl groups is 2. The number of hydrogen-bond donors (Lipinski definition) is 2.